The zero-order valence-corrected chi connectivity index (χ0v) is 16.0. The molecule has 0 N–H and O–H groups in total. The van der Waals surface area contributed by atoms with E-state index in [0.717, 1.165) is 30.7 Å². The Morgan fingerprint density at radius 3 is 2.85 bits per heavy atom. The molecule has 1 saturated heterocycles. The summed E-state index contributed by atoms with van der Waals surface area (Å²) in [5.41, 5.74) is 3.50. The molecule has 0 spiro atoms. The van der Waals surface area contributed by atoms with Gasteiger partial charge in [-0.15, -0.1) is 0 Å². The SMILES string of the molecule is C[C@]12CCN(C=O)C1CC[C@@H]1C2CC[C@]2(C)C(c3cccnc3)=CCC12. The minimum atomic E-state index is 0.302. The summed E-state index contributed by atoms with van der Waals surface area (Å²) in [6.45, 7) is 5.97. The van der Waals surface area contributed by atoms with E-state index in [9.17, 15) is 4.79 Å². The predicted molar refractivity (Wildman–Crippen MR) is 103 cm³/mol. The second kappa shape index (κ2) is 5.68. The van der Waals surface area contributed by atoms with Gasteiger partial charge in [0.1, 0.15) is 0 Å². The number of carbonyl (C=O) groups excluding carboxylic acids is 1. The van der Waals surface area contributed by atoms with Gasteiger partial charge in [0.25, 0.3) is 0 Å². The van der Waals surface area contributed by atoms with Crippen LogP contribution in [0.2, 0.25) is 0 Å². The Bertz CT molecular complexity index is 744. The van der Waals surface area contributed by atoms with Gasteiger partial charge in [-0.25, -0.2) is 0 Å². The van der Waals surface area contributed by atoms with Crippen LogP contribution in [0.3, 0.4) is 0 Å². The van der Waals surface area contributed by atoms with Crippen LogP contribution in [0, 0.1) is 28.6 Å². The van der Waals surface area contributed by atoms with Crippen molar-refractivity contribution in [2.75, 3.05) is 6.54 Å². The van der Waals surface area contributed by atoms with Crippen molar-refractivity contribution in [2.24, 2.45) is 28.6 Å². The van der Waals surface area contributed by atoms with Gasteiger partial charge >= 0.3 is 0 Å². The number of hydrogen-bond acceptors (Lipinski definition) is 2. The normalized spacial score (nSPS) is 44.1. The molecular weight excluding hydrogens is 320 g/mol. The van der Waals surface area contributed by atoms with E-state index in [1.165, 1.54) is 44.1 Å². The summed E-state index contributed by atoms with van der Waals surface area (Å²) in [7, 11) is 0. The number of nitrogens with zero attached hydrogens (tertiary/aromatic N) is 2. The quantitative estimate of drug-likeness (QED) is 0.733. The van der Waals surface area contributed by atoms with E-state index in [-0.39, 0.29) is 0 Å². The third kappa shape index (κ3) is 2.06. The molecule has 0 radical (unpaired) electrons. The lowest BCUT2D eigenvalue weighted by Gasteiger charge is -2.57. The minimum Gasteiger partial charge on any atom is -0.342 e. The van der Waals surface area contributed by atoms with Crippen molar-refractivity contribution >= 4 is 12.0 Å². The van der Waals surface area contributed by atoms with Crippen molar-refractivity contribution in [1.29, 1.82) is 0 Å². The molecule has 26 heavy (non-hydrogen) atoms. The molecule has 1 aliphatic heterocycles. The molecule has 0 aromatic carbocycles. The molecule has 1 amide bonds. The van der Waals surface area contributed by atoms with Crippen molar-refractivity contribution in [3.8, 4) is 0 Å². The molecule has 3 nitrogen and oxygen atoms in total. The lowest BCUT2D eigenvalue weighted by atomic mass is 9.48. The van der Waals surface area contributed by atoms with E-state index < -0.39 is 0 Å². The first kappa shape index (κ1) is 16.5. The summed E-state index contributed by atoms with van der Waals surface area (Å²) < 4.78 is 0. The fourth-order valence-corrected chi connectivity index (χ4v) is 7.52. The number of pyridine rings is 1. The highest BCUT2D eigenvalue weighted by Crippen LogP contribution is 2.66. The largest absolute Gasteiger partial charge is 0.342 e. The Hall–Kier alpha value is -1.64. The summed E-state index contributed by atoms with van der Waals surface area (Å²) in [6, 6.07) is 4.78. The number of likely N-dealkylation sites (tertiary alicyclic amines) is 1. The van der Waals surface area contributed by atoms with Gasteiger partial charge in [-0.2, -0.15) is 0 Å². The van der Waals surface area contributed by atoms with Gasteiger partial charge in [-0.05, 0) is 84.3 Å². The molecule has 0 bridgehead atoms. The Labute approximate surface area is 156 Å². The van der Waals surface area contributed by atoms with Gasteiger partial charge in [-0.3, -0.25) is 9.78 Å². The van der Waals surface area contributed by atoms with Crippen molar-refractivity contribution in [2.45, 2.75) is 58.4 Å². The van der Waals surface area contributed by atoms with Crippen molar-refractivity contribution < 1.29 is 4.79 Å². The Balaban J connectivity index is 1.45. The highest BCUT2D eigenvalue weighted by atomic mass is 16.1. The molecule has 138 valence electrons. The average Bonchev–Trinajstić information content (AvgIpc) is 3.19. The van der Waals surface area contributed by atoms with Crippen LogP contribution in [0.4, 0.5) is 0 Å². The minimum absolute atomic E-state index is 0.302. The number of allylic oxidation sites excluding steroid dienone is 2. The van der Waals surface area contributed by atoms with Crippen molar-refractivity contribution in [3.05, 3.63) is 36.2 Å². The molecule has 1 aromatic heterocycles. The molecule has 6 atom stereocenters. The third-order valence-corrected chi connectivity index (χ3v) is 8.82. The van der Waals surface area contributed by atoms with Crippen LogP contribution in [0.1, 0.15) is 57.9 Å². The number of aromatic nitrogens is 1. The molecule has 3 fully saturated rings. The third-order valence-electron chi connectivity index (χ3n) is 8.82. The Morgan fingerprint density at radius 2 is 2.08 bits per heavy atom. The van der Waals surface area contributed by atoms with Gasteiger partial charge < -0.3 is 4.90 Å². The highest BCUT2D eigenvalue weighted by molar-refractivity contribution is 5.72. The second-order valence-electron chi connectivity index (χ2n) is 9.62. The molecule has 2 saturated carbocycles. The summed E-state index contributed by atoms with van der Waals surface area (Å²) in [5, 5.41) is 0. The molecule has 3 unspecified atom stereocenters. The zero-order chi connectivity index (χ0) is 17.9. The summed E-state index contributed by atoms with van der Waals surface area (Å²) >= 11 is 0. The lowest BCUT2D eigenvalue weighted by molar-refractivity contribution is -0.123. The van der Waals surface area contributed by atoms with Crippen LogP contribution in [0.25, 0.3) is 5.57 Å². The molecule has 1 aromatic rings. The average molecular weight is 351 g/mol. The fraction of sp³-hybridized carbons (Fsp3) is 0.652. The summed E-state index contributed by atoms with van der Waals surface area (Å²) in [4.78, 5) is 18.0. The van der Waals surface area contributed by atoms with E-state index >= 15 is 0 Å². The van der Waals surface area contributed by atoms with E-state index in [2.05, 4.69) is 41.9 Å². The summed E-state index contributed by atoms with van der Waals surface area (Å²) in [6.07, 6.45) is 15.1. The van der Waals surface area contributed by atoms with Crippen LogP contribution >= 0.6 is 0 Å². The smallest absolute Gasteiger partial charge is 0.209 e. The molecule has 5 rings (SSSR count). The highest BCUT2D eigenvalue weighted by Gasteiger charge is 2.60. The molecule has 4 aliphatic rings. The first-order valence-corrected chi connectivity index (χ1v) is 10.4. The van der Waals surface area contributed by atoms with E-state index in [1.54, 1.807) is 5.57 Å². The van der Waals surface area contributed by atoms with Crippen LogP contribution < -0.4 is 0 Å². The molecule has 3 heteroatoms. The first-order chi connectivity index (χ1) is 12.6. The van der Waals surface area contributed by atoms with Gasteiger partial charge in [0.05, 0.1) is 0 Å². The van der Waals surface area contributed by atoms with Crippen LogP contribution in [-0.2, 0) is 4.79 Å². The topological polar surface area (TPSA) is 33.2 Å². The van der Waals surface area contributed by atoms with Crippen LogP contribution in [0.5, 0.6) is 0 Å². The van der Waals surface area contributed by atoms with Crippen LogP contribution in [0.15, 0.2) is 30.6 Å². The molecule has 3 aliphatic carbocycles. The maximum atomic E-state index is 11.5. The zero-order valence-electron chi connectivity index (χ0n) is 16.0. The first-order valence-electron chi connectivity index (χ1n) is 10.4. The standard InChI is InChI=1S/C23H30N2O/c1-22-10-9-20-17(5-8-21-23(20,2)11-13-25(21)15-26)19(22)7-6-18(22)16-4-3-12-24-14-16/h3-4,6,12,14-15,17,19-21H,5,7-11,13H2,1-2H3/t17-,19?,20?,21?,22+,23+/m0/s1. The predicted octanol–water partition coefficient (Wildman–Crippen LogP) is 4.55. The van der Waals surface area contributed by atoms with Crippen molar-refractivity contribution in [1.82, 2.24) is 9.88 Å². The van der Waals surface area contributed by atoms with Crippen LogP contribution in [-0.4, -0.2) is 28.9 Å². The number of rotatable bonds is 2. The number of fused-ring (bicyclic) bond motifs is 5. The van der Waals surface area contributed by atoms with E-state index in [1.807, 2.05) is 12.4 Å². The second-order valence-corrected chi connectivity index (χ2v) is 9.62. The molecule has 2 heterocycles. The Kier molecular flexibility index (Phi) is 3.61. The van der Waals surface area contributed by atoms with Gasteiger partial charge in [0.15, 0.2) is 0 Å². The maximum absolute atomic E-state index is 11.5. The maximum Gasteiger partial charge on any atom is 0.209 e. The number of carbonyl (C=O) groups is 1. The Morgan fingerprint density at radius 1 is 1.19 bits per heavy atom. The lowest BCUT2D eigenvalue weighted by Crippen LogP contribution is -2.53. The van der Waals surface area contributed by atoms with E-state index in [0.29, 0.717) is 16.9 Å². The van der Waals surface area contributed by atoms with E-state index in [4.69, 9.17) is 0 Å². The summed E-state index contributed by atoms with van der Waals surface area (Å²) in [5.74, 6) is 2.36. The number of amides is 1. The van der Waals surface area contributed by atoms with Gasteiger partial charge in [-0.1, -0.05) is 26.0 Å². The monoisotopic (exact) mass is 350 g/mol. The number of hydrogen-bond donors (Lipinski definition) is 0. The van der Waals surface area contributed by atoms with Crippen molar-refractivity contribution in [3.63, 3.8) is 0 Å². The van der Waals surface area contributed by atoms with Gasteiger partial charge in [0, 0.05) is 25.0 Å². The fourth-order valence-electron chi connectivity index (χ4n) is 7.52. The van der Waals surface area contributed by atoms with Gasteiger partial charge in [0.2, 0.25) is 6.41 Å². The molecular formula is C23H30N2O.